The van der Waals surface area contributed by atoms with Crippen molar-refractivity contribution in [3.05, 3.63) is 0 Å². The van der Waals surface area contributed by atoms with Crippen molar-refractivity contribution in [2.75, 3.05) is 53.9 Å². The highest BCUT2D eigenvalue weighted by Crippen LogP contribution is 1.83. The zero-order chi connectivity index (χ0) is 12.9. The molecule has 0 spiro atoms. The number of ether oxygens (including phenoxy) is 1. The Hall–Kier alpha value is -0.650. The van der Waals surface area contributed by atoms with Crippen LogP contribution in [0.4, 0.5) is 0 Å². The summed E-state index contributed by atoms with van der Waals surface area (Å²) in [5.41, 5.74) is 0. The highest BCUT2D eigenvalue weighted by atomic mass is 16.5. The van der Waals surface area contributed by atoms with E-state index >= 15 is 0 Å². The first-order valence-electron chi connectivity index (χ1n) is 6.29. The fourth-order valence-corrected chi connectivity index (χ4v) is 1.40. The number of hydrogen-bond acceptors (Lipinski definition) is 5. The predicted octanol–water partition coefficient (Wildman–Crippen LogP) is 0.0705. The molecule has 0 radical (unpaired) electrons. The second kappa shape index (κ2) is 11.8. The Morgan fingerprint density at radius 2 is 1.65 bits per heavy atom. The van der Waals surface area contributed by atoms with Gasteiger partial charge in [-0.25, -0.2) is 0 Å². The monoisotopic (exact) mass is 245 g/mol. The van der Waals surface area contributed by atoms with Crippen molar-refractivity contribution >= 4 is 5.97 Å². The minimum absolute atomic E-state index is 0.153. The molecule has 0 fully saturated rings. The Bertz CT molecular complexity index is 187. The van der Waals surface area contributed by atoms with Crippen molar-refractivity contribution in [3.8, 4) is 0 Å². The molecule has 0 aromatic carbocycles. The lowest BCUT2D eigenvalue weighted by Gasteiger charge is -2.09. The number of methoxy groups -OCH3 is 1. The van der Waals surface area contributed by atoms with Crippen LogP contribution >= 0.6 is 0 Å². The van der Waals surface area contributed by atoms with Gasteiger partial charge in [0, 0.05) is 6.54 Å². The summed E-state index contributed by atoms with van der Waals surface area (Å²) in [5, 5.41) is 6.60. The van der Waals surface area contributed by atoms with Gasteiger partial charge in [0.15, 0.2) is 0 Å². The molecule has 0 atom stereocenters. The van der Waals surface area contributed by atoms with Crippen molar-refractivity contribution in [3.63, 3.8) is 0 Å². The largest absolute Gasteiger partial charge is 0.469 e. The van der Waals surface area contributed by atoms with E-state index in [-0.39, 0.29) is 5.97 Å². The summed E-state index contributed by atoms with van der Waals surface area (Å²) in [6, 6.07) is 0. The van der Waals surface area contributed by atoms with E-state index in [0.717, 1.165) is 32.6 Å². The van der Waals surface area contributed by atoms with Gasteiger partial charge < -0.3 is 20.3 Å². The van der Waals surface area contributed by atoms with E-state index in [4.69, 9.17) is 0 Å². The number of carbonyl (C=O) groups excluding carboxylic acids is 1. The minimum Gasteiger partial charge on any atom is -0.469 e. The first-order chi connectivity index (χ1) is 8.16. The summed E-state index contributed by atoms with van der Waals surface area (Å²) in [4.78, 5) is 13.0. The van der Waals surface area contributed by atoms with Gasteiger partial charge in [0.25, 0.3) is 0 Å². The number of esters is 1. The van der Waals surface area contributed by atoms with Gasteiger partial charge in [0.1, 0.15) is 0 Å². The first kappa shape index (κ1) is 16.4. The van der Waals surface area contributed by atoms with Crippen LogP contribution in [0, 0.1) is 0 Å². The average molecular weight is 245 g/mol. The van der Waals surface area contributed by atoms with Gasteiger partial charge in [-0.1, -0.05) is 0 Å². The molecule has 102 valence electrons. The summed E-state index contributed by atoms with van der Waals surface area (Å²) < 4.78 is 4.55. The van der Waals surface area contributed by atoms with Crippen molar-refractivity contribution in [1.29, 1.82) is 0 Å². The molecule has 0 rings (SSSR count). The second-order valence-electron chi connectivity index (χ2n) is 4.34. The number of nitrogens with zero attached hydrogens (tertiary/aromatic N) is 1. The summed E-state index contributed by atoms with van der Waals surface area (Å²) in [5.74, 6) is -0.153. The molecule has 0 saturated heterocycles. The fraction of sp³-hybridized carbons (Fsp3) is 0.917. The second-order valence-corrected chi connectivity index (χ2v) is 4.34. The van der Waals surface area contributed by atoms with Crippen LogP contribution < -0.4 is 10.6 Å². The normalized spacial score (nSPS) is 10.8. The lowest BCUT2D eigenvalue weighted by Crippen LogP contribution is -2.26. The quantitative estimate of drug-likeness (QED) is 0.398. The standard InChI is InChI=1S/C12H27N3O2/c1-15(2)11-5-9-13-7-4-8-14-10-6-12(16)17-3/h13-14H,4-11H2,1-3H3. The highest BCUT2D eigenvalue weighted by molar-refractivity contribution is 5.69. The van der Waals surface area contributed by atoms with Crippen LogP contribution in [-0.2, 0) is 9.53 Å². The number of carbonyl (C=O) groups is 1. The van der Waals surface area contributed by atoms with Crippen LogP contribution in [0.1, 0.15) is 19.3 Å². The van der Waals surface area contributed by atoms with Crippen molar-refractivity contribution in [2.24, 2.45) is 0 Å². The average Bonchev–Trinajstić information content (AvgIpc) is 2.30. The van der Waals surface area contributed by atoms with E-state index in [1.807, 2.05) is 0 Å². The maximum absolute atomic E-state index is 10.8. The Kier molecular flexibility index (Phi) is 11.4. The van der Waals surface area contributed by atoms with Crippen LogP contribution in [0.5, 0.6) is 0 Å². The molecule has 5 heteroatoms. The van der Waals surface area contributed by atoms with Crippen LogP contribution in [-0.4, -0.2) is 64.8 Å². The molecule has 5 nitrogen and oxygen atoms in total. The van der Waals surface area contributed by atoms with Crippen LogP contribution in [0.25, 0.3) is 0 Å². The third-order valence-corrected chi connectivity index (χ3v) is 2.40. The highest BCUT2D eigenvalue weighted by Gasteiger charge is 1.97. The van der Waals surface area contributed by atoms with Crippen LogP contribution in [0.15, 0.2) is 0 Å². The van der Waals surface area contributed by atoms with Crippen molar-refractivity contribution in [2.45, 2.75) is 19.3 Å². The summed E-state index contributed by atoms with van der Waals surface area (Å²) >= 11 is 0. The van der Waals surface area contributed by atoms with Gasteiger partial charge in [-0.15, -0.1) is 0 Å². The topological polar surface area (TPSA) is 53.6 Å². The van der Waals surface area contributed by atoms with Gasteiger partial charge in [0.2, 0.25) is 0 Å². The van der Waals surface area contributed by atoms with Gasteiger partial charge in [-0.05, 0) is 53.1 Å². The fourth-order valence-electron chi connectivity index (χ4n) is 1.40. The molecule has 0 bridgehead atoms. The molecule has 0 aliphatic carbocycles. The smallest absolute Gasteiger partial charge is 0.306 e. The van der Waals surface area contributed by atoms with Crippen LogP contribution in [0.3, 0.4) is 0 Å². The molecule has 0 aromatic heterocycles. The maximum Gasteiger partial charge on any atom is 0.306 e. The molecule has 17 heavy (non-hydrogen) atoms. The van der Waals surface area contributed by atoms with Gasteiger partial charge >= 0.3 is 5.97 Å². The predicted molar refractivity (Wildman–Crippen MR) is 70.2 cm³/mol. The molecule has 0 aliphatic heterocycles. The van der Waals surface area contributed by atoms with E-state index in [1.165, 1.54) is 13.5 Å². The number of rotatable bonds is 11. The zero-order valence-electron chi connectivity index (χ0n) is 11.4. The summed E-state index contributed by atoms with van der Waals surface area (Å²) in [7, 11) is 5.59. The van der Waals surface area contributed by atoms with Crippen molar-refractivity contribution < 1.29 is 9.53 Å². The number of nitrogens with one attached hydrogen (secondary N) is 2. The van der Waals surface area contributed by atoms with Gasteiger partial charge in [0.05, 0.1) is 13.5 Å². The van der Waals surface area contributed by atoms with E-state index in [9.17, 15) is 4.79 Å². The third kappa shape index (κ3) is 13.3. The third-order valence-electron chi connectivity index (χ3n) is 2.40. The van der Waals surface area contributed by atoms with E-state index in [1.54, 1.807) is 0 Å². The molecular weight excluding hydrogens is 218 g/mol. The Morgan fingerprint density at radius 1 is 1.06 bits per heavy atom. The lowest BCUT2D eigenvalue weighted by atomic mass is 10.3. The Balaban J connectivity index is 3.01. The van der Waals surface area contributed by atoms with E-state index < -0.39 is 0 Å². The van der Waals surface area contributed by atoms with E-state index in [2.05, 4.69) is 34.4 Å². The molecule has 0 unspecified atom stereocenters. The first-order valence-corrected chi connectivity index (χ1v) is 6.29. The SMILES string of the molecule is COC(=O)CCNCCCNCCCN(C)C. The Morgan fingerprint density at radius 3 is 2.24 bits per heavy atom. The maximum atomic E-state index is 10.8. The molecule has 0 heterocycles. The molecule has 0 aromatic rings. The van der Waals surface area contributed by atoms with E-state index in [0.29, 0.717) is 13.0 Å². The van der Waals surface area contributed by atoms with Crippen LogP contribution in [0.2, 0.25) is 0 Å². The molecular formula is C12H27N3O2. The molecule has 0 aliphatic rings. The molecule has 0 saturated carbocycles. The minimum atomic E-state index is -0.153. The van der Waals surface area contributed by atoms with Crippen molar-refractivity contribution in [1.82, 2.24) is 15.5 Å². The van der Waals surface area contributed by atoms with Gasteiger partial charge in [-0.2, -0.15) is 0 Å². The van der Waals surface area contributed by atoms with Gasteiger partial charge in [-0.3, -0.25) is 4.79 Å². The molecule has 0 amide bonds. The summed E-state index contributed by atoms with van der Waals surface area (Å²) in [6.45, 7) is 4.87. The Labute approximate surface area is 105 Å². The zero-order valence-corrected chi connectivity index (χ0v) is 11.4. The molecule has 2 N–H and O–H groups in total. The summed E-state index contributed by atoms with van der Waals surface area (Å²) in [6.07, 6.45) is 2.72. The number of hydrogen-bond donors (Lipinski definition) is 2. The lowest BCUT2D eigenvalue weighted by molar-refractivity contribution is -0.140.